The third kappa shape index (κ3) is 4.10. The van der Waals surface area contributed by atoms with Gasteiger partial charge in [-0.2, -0.15) is 0 Å². The molecule has 2 heterocycles. The van der Waals surface area contributed by atoms with Crippen molar-refractivity contribution >= 4 is 52.2 Å². The van der Waals surface area contributed by atoms with Crippen molar-refractivity contribution < 1.29 is 23.9 Å². The normalized spacial score (nSPS) is 22.6. The molecule has 2 fully saturated rings. The number of aliphatic carboxylic acids is 1. The number of carboxylic acids is 1. The first kappa shape index (κ1) is 20.5. The Morgan fingerprint density at radius 2 is 2.14 bits per heavy atom. The molecule has 148 valence electrons. The zero-order valence-corrected chi connectivity index (χ0v) is 16.8. The third-order valence-corrected chi connectivity index (χ3v) is 6.12. The lowest BCUT2D eigenvalue weighted by atomic mass is 10.0. The van der Waals surface area contributed by atoms with Gasteiger partial charge in [0.15, 0.2) is 0 Å². The fraction of sp³-hybridized carbons (Fsp3) is 0.368. The van der Waals surface area contributed by atoms with Crippen LogP contribution < -0.4 is 0 Å². The van der Waals surface area contributed by atoms with Gasteiger partial charge in [0, 0.05) is 6.54 Å². The lowest BCUT2D eigenvalue weighted by molar-refractivity contribution is -0.154. The summed E-state index contributed by atoms with van der Waals surface area (Å²) in [5.74, 6) is -2.34. The second-order valence-electron chi connectivity index (χ2n) is 6.66. The van der Waals surface area contributed by atoms with Crippen LogP contribution in [-0.2, 0) is 14.4 Å². The van der Waals surface area contributed by atoms with Crippen molar-refractivity contribution in [3.8, 4) is 0 Å². The predicted octanol–water partition coefficient (Wildman–Crippen LogP) is 2.88. The van der Waals surface area contributed by atoms with Crippen molar-refractivity contribution in [2.24, 2.45) is 0 Å². The molecule has 2 amide bonds. The second kappa shape index (κ2) is 8.40. The highest BCUT2D eigenvalue weighted by molar-refractivity contribution is 8.26. The van der Waals surface area contributed by atoms with E-state index in [1.807, 2.05) is 0 Å². The number of nitrogens with zero attached hydrogens (tertiary/aromatic N) is 2. The lowest BCUT2D eigenvalue weighted by Gasteiger charge is -2.36. The van der Waals surface area contributed by atoms with E-state index < -0.39 is 35.7 Å². The van der Waals surface area contributed by atoms with Crippen molar-refractivity contribution in [3.63, 3.8) is 0 Å². The Kier molecular flexibility index (Phi) is 6.14. The monoisotopic (exact) mass is 422 g/mol. The van der Waals surface area contributed by atoms with Gasteiger partial charge >= 0.3 is 5.97 Å². The van der Waals surface area contributed by atoms with Gasteiger partial charge in [0.25, 0.3) is 5.91 Å². The zero-order valence-electron chi connectivity index (χ0n) is 15.1. The van der Waals surface area contributed by atoms with E-state index >= 15 is 0 Å². The molecule has 0 saturated carbocycles. The number of piperidine rings is 1. The number of likely N-dealkylation sites (tertiary alicyclic amines) is 1. The summed E-state index contributed by atoms with van der Waals surface area (Å²) in [6, 6.07) is 4.01. The number of carbonyl (C=O) groups excluding carboxylic acids is 2. The maximum atomic E-state index is 13.4. The number of hydrogen-bond acceptors (Lipinski definition) is 5. The molecule has 3 rings (SSSR count). The van der Waals surface area contributed by atoms with E-state index in [4.69, 9.17) is 12.2 Å². The number of benzene rings is 1. The number of carboxylic acid groups (broad SMARTS) is 1. The van der Waals surface area contributed by atoms with Crippen LogP contribution >= 0.6 is 24.0 Å². The molecule has 9 heteroatoms. The minimum atomic E-state index is -1.04. The summed E-state index contributed by atoms with van der Waals surface area (Å²) in [6.07, 6.45) is 3.39. The number of thiocarbonyl (C=S) groups is 1. The number of halogens is 1. The van der Waals surface area contributed by atoms with Crippen LogP contribution in [0.4, 0.5) is 4.39 Å². The van der Waals surface area contributed by atoms with Gasteiger partial charge in [-0.05, 0) is 50.0 Å². The molecule has 2 atom stereocenters. The summed E-state index contributed by atoms with van der Waals surface area (Å²) in [5, 5.41) is 9.39. The Morgan fingerprint density at radius 1 is 1.39 bits per heavy atom. The van der Waals surface area contributed by atoms with Crippen molar-refractivity contribution in [2.75, 3.05) is 6.54 Å². The second-order valence-corrected chi connectivity index (χ2v) is 8.34. The van der Waals surface area contributed by atoms with E-state index in [9.17, 15) is 23.9 Å². The average Bonchev–Trinajstić information content (AvgIpc) is 2.93. The Bertz CT molecular complexity index is 873. The van der Waals surface area contributed by atoms with Crippen LogP contribution in [0.1, 0.15) is 31.7 Å². The minimum Gasteiger partial charge on any atom is -0.480 e. The third-order valence-electron chi connectivity index (χ3n) is 4.79. The van der Waals surface area contributed by atoms with Crippen LogP contribution in [0.15, 0.2) is 29.2 Å². The van der Waals surface area contributed by atoms with Gasteiger partial charge in [-0.25, -0.2) is 9.18 Å². The predicted molar refractivity (Wildman–Crippen MR) is 108 cm³/mol. The average molecular weight is 423 g/mol. The smallest absolute Gasteiger partial charge is 0.326 e. The molecule has 0 spiro atoms. The molecule has 2 aliphatic rings. The topological polar surface area (TPSA) is 77.9 Å². The maximum absolute atomic E-state index is 13.4. The zero-order chi connectivity index (χ0) is 20.4. The van der Waals surface area contributed by atoms with Crippen LogP contribution in [-0.4, -0.2) is 55.6 Å². The highest BCUT2D eigenvalue weighted by atomic mass is 32.2. The van der Waals surface area contributed by atoms with E-state index in [1.165, 1.54) is 34.1 Å². The quantitative estimate of drug-likeness (QED) is 0.594. The van der Waals surface area contributed by atoms with Crippen LogP contribution in [0, 0.1) is 5.82 Å². The Hall–Kier alpha value is -2.26. The molecule has 0 aromatic heterocycles. The Balaban J connectivity index is 1.80. The van der Waals surface area contributed by atoms with E-state index in [0.717, 1.165) is 24.6 Å². The molecule has 2 unspecified atom stereocenters. The van der Waals surface area contributed by atoms with Crippen molar-refractivity contribution in [3.05, 3.63) is 40.6 Å². The van der Waals surface area contributed by atoms with Gasteiger partial charge in [0.05, 0.1) is 4.91 Å². The summed E-state index contributed by atoms with van der Waals surface area (Å²) in [5.41, 5.74) is 0.515. The summed E-state index contributed by atoms with van der Waals surface area (Å²) in [7, 11) is 0. The first-order chi connectivity index (χ1) is 13.3. The molecule has 28 heavy (non-hydrogen) atoms. The number of rotatable bonds is 4. The fourth-order valence-corrected chi connectivity index (χ4v) is 4.78. The molecular formula is C19H19FN2O4S2. The van der Waals surface area contributed by atoms with Gasteiger partial charge in [-0.3, -0.25) is 14.5 Å². The molecule has 2 saturated heterocycles. The highest BCUT2D eigenvalue weighted by Gasteiger charge is 2.42. The summed E-state index contributed by atoms with van der Waals surface area (Å²) in [6.45, 7) is 1.89. The molecule has 0 radical (unpaired) electrons. The van der Waals surface area contributed by atoms with Gasteiger partial charge in [0.2, 0.25) is 5.91 Å². The SMILES string of the molecule is CC(C(=O)N1CCCCC1C(=O)O)N1C(=O)C(=Cc2cccc(F)c2)SC1=S. The number of carbonyl (C=O) groups is 3. The lowest BCUT2D eigenvalue weighted by Crippen LogP contribution is -2.55. The van der Waals surface area contributed by atoms with Crippen molar-refractivity contribution in [1.29, 1.82) is 0 Å². The largest absolute Gasteiger partial charge is 0.480 e. The van der Waals surface area contributed by atoms with Crippen molar-refractivity contribution in [1.82, 2.24) is 9.80 Å². The molecule has 1 aromatic rings. The first-order valence-electron chi connectivity index (χ1n) is 8.85. The Labute approximate surface area is 171 Å². The van der Waals surface area contributed by atoms with Crippen LogP contribution in [0.3, 0.4) is 0 Å². The number of thioether (sulfide) groups is 1. The molecule has 0 aliphatic carbocycles. The molecular weight excluding hydrogens is 403 g/mol. The molecule has 6 nitrogen and oxygen atoms in total. The van der Waals surface area contributed by atoms with Crippen LogP contribution in [0.25, 0.3) is 6.08 Å². The van der Waals surface area contributed by atoms with Crippen molar-refractivity contribution in [2.45, 2.75) is 38.3 Å². The fourth-order valence-electron chi connectivity index (χ4n) is 3.36. The molecule has 2 aliphatic heterocycles. The summed E-state index contributed by atoms with van der Waals surface area (Å²) >= 11 is 6.32. The number of hydrogen-bond donors (Lipinski definition) is 1. The van der Waals surface area contributed by atoms with Gasteiger partial charge in [0.1, 0.15) is 22.2 Å². The Morgan fingerprint density at radius 3 is 2.82 bits per heavy atom. The molecule has 0 bridgehead atoms. The summed E-state index contributed by atoms with van der Waals surface area (Å²) in [4.78, 5) is 40.1. The van der Waals surface area contributed by atoms with Gasteiger partial charge < -0.3 is 10.0 Å². The van der Waals surface area contributed by atoms with E-state index in [0.29, 0.717) is 23.4 Å². The first-order valence-corrected chi connectivity index (χ1v) is 10.1. The minimum absolute atomic E-state index is 0.220. The van der Waals surface area contributed by atoms with E-state index in [-0.39, 0.29) is 4.32 Å². The highest BCUT2D eigenvalue weighted by Crippen LogP contribution is 2.34. The number of amides is 2. The van der Waals surface area contributed by atoms with Crippen LogP contribution in [0.2, 0.25) is 0 Å². The molecule has 1 aromatic carbocycles. The summed E-state index contributed by atoms with van der Waals surface area (Å²) < 4.78 is 13.6. The van der Waals surface area contributed by atoms with Gasteiger partial charge in [-0.1, -0.05) is 36.1 Å². The van der Waals surface area contributed by atoms with Crippen LogP contribution in [0.5, 0.6) is 0 Å². The standard InChI is InChI=1S/C19H19FN2O4S2/c1-11(16(23)21-8-3-2-7-14(21)18(25)26)22-17(24)15(28-19(22)27)10-12-5-4-6-13(20)9-12/h4-6,9-11,14H,2-3,7-8H2,1H3,(H,25,26). The van der Waals surface area contributed by atoms with Gasteiger partial charge in [-0.15, -0.1) is 0 Å². The molecule has 1 N–H and O–H groups in total. The van der Waals surface area contributed by atoms with E-state index in [2.05, 4.69) is 0 Å². The van der Waals surface area contributed by atoms with E-state index in [1.54, 1.807) is 13.0 Å². The maximum Gasteiger partial charge on any atom is 0.326 e.